The van der Waals surface area contributed by atoms with Crippen LogP contribution in [0.5, 0.6) is 0 Å². The lowest BCUT2D eigenvalue weighted by molar-refractivity contribution is -0.136. The van der Waals surface area contributed by atoms with E-state index in [0.29, 0.717) is 45.6 Å². The van der Waals surface area contributed by atoms with Gasteiger partial charge in [0.15, 0.2) is 5.03 Å². The normalized spacial score (nSPS) is 27.6. The summed E-state index contributed by atoms with van der Waals surface area (Å²) in [5.41, 5.74) is -0.364. The Morgan fingerprint density at radius 2 is 1.96 bits per heavy atom. The van der Waals surface area contributed by atoms with Crippen LogP contribution in [-0.2, 0) is 26.7 Å². The molecule has 154 valence electrons. The van der Waals surface area contributed by atoms with Gasteiger partial charge in [0.25, 0.3) is 10.0 Å². The Bertz CT molecular complexity index is 903. The van der Waals surface area contributed by atoms with Crippen LogP contribution in [0.2, 0.25) is 0 Å². The van der Waals surface area contributed by atoms with Gasteiger partial charge in [0.2, 0.25) is 11.8 Å². The molecule has 1 aromatic heterocycles. The molecule has 4 heterocycles. The smallest absolute Gasteiger partial charge is 0.262 e. The van der Waals surface area contributed by atoms with Gasteiger partial charge in [0, 0.05) is 58.8 Å². The molecule has 4 rings (SSSR count). The Kier molecular flexibility index (Phi) is 4.53. The van der Waals surface area contributed by atoms with Gasteiger partial charge in [0.05, 0.1) is 17.8 Å². The molecule has 1 aromatic rings. The van der Waals surface area contributed by atoms with E-state index in [4.69, 9.17) is 0 Å². The zero-order chi connectivity index (χ0) is 20.3. The van der Waals surface area contributed by atoms with Crippen molar-refractivity contribution >= 4 is 21.8 Å². The average molecular weight is 410 g/mol. The number of rotatable bonds is 3. The zero-order valence-electron chi connectivity index (χ0n) is 16.5. The van der Waals surface area contributed by atoms with Gasteiger partial charge >= 0.3 is 0 Å². The molecule has 0 aromatic carbocycles. The van der Waals surface area contributed by atoms with Crippen molar-refractivity contribution in [2.45, 2.75) is 37.3 Å². The second-order valence-electron chi connectivity index (χ2n) is 8.10. The van der Waals surface area contributed by atoms with Crippen LogP contribution in [0.25, 0.3) is 0 Å². The molecule has 0 bridgehead atoms. The van der Waals surface area contributed by atoms with Crippen LogP contribution < -0.4 is 0 Å². The molecule has 10 heteroatoms. The molecule has 28 heavy (non-hydrogen) atoms. The lowest BCUT2D eigenvalue weighted by atomic mass is 9.75. The zero-order valence-corrected chi connectivity index (χ0v) is 17.4. The number of carbonyl (C=O) groups excluding carboxylic acids is 2. The Hall–Kier alpha value is -1.94. The number of hydrogen-bond donors (Lipinski definition) is 0. The number of carbonyl (C=O) groups is 2. The van der Waals surface area contributed by atoms with E-state index in [0.717, 1.165) is 0 Å². The van der Waals surface area contributed by atoms with E-state index in [1.54, 1.807) is 16.5 Å². The minimum absolute atomic E-state index is 0.00411. The highest BCUT2D eigenvalue weighted by atomic mass is 32.2. The molecule has 9 nitrogen and oxygen atoms in total. The summed E-state index contributed by atoms with van der Waals surface area (Å²) in [6.07, 6.45) is 4.16. The van der Waals surface area contributed by atoms with Gasteiger partial charge in [0.1, 0.15) is 0 Å². The van der Waals surface area contributed by atoms with Crippen molar-refractivity contribution in [1.29, 1.82) is 0 Å². The monoisotopic (exact) mass is 409 g/mol. The first kappa shape index (κ1) is 19.4. The first-order chi connectivity index (χ1) is 13.2. The van der Waals surface area contributed by atoms with Gasteiger partial charge in [-0.15, -0.1) is 0 Å². The van der Waals surface area contributed by atoms with Crippen molar-refractivity contribution in [2.75, 3.05) is 32.7 Å². The fourth-order valence-electron chi connectivity index (χ4n) is 5.35. The van der Waals surface area contributed by atoms with Gasteiger partial charge in [-0.1, -0.05) is 0 Å². The number of fused-ring (bicyclic) bond motifs is 2. The lowest BCUT2D eigenvalue weighted by Crippen LogP contribution is -2.57. The van der Waals surface area contributed by atoms with Crippen molar-refractivity contribution in [3.8, 4) is 0 Å². The average Bonchev–Trinajstić information content (AvgIpc) is 3.33. The number of amides is 2. The molecule has 0 saturated carbocycles. The van der Waals surface area contributed by atoms with E-state index in [1.807, 2.05) is 11.8 Å². The second kappa shape index (κ2) is 6.55. The summed E-state index contributed by atoms with van der Waals surface area (Å²) in [5.74, 6) is 0.0131. The Morgan fingerprint density at radius 3 is 2.50 bits per heavy atom. The highest BCUT2D eigenvalue weighted by Gasteiger charge is 2.61. The molecule has 1 spiro atoms. The van der Waals surface area contributed by atoms with Crippen molar-refractivity contribution in [3.63, 3.8) is 0 Å². The Morgan fingerprint density at radius 1 is 1.29 bits per heavy atom. The number of piperidine rings is 1. The van der Waals surface area contributed by atoms with Gasteiger partial charge in [-0.3, -0.25) is 9.59 Å². The van der Waals surface area contributed by atoms with E-state index >= 15 is 0 Å². The molecule has 0 aliphatic carbocycles. The molecular weight excluding hydrogens is 382 g/mol. The quantitative estimate of drug-likeness (QED) is 0.695. The van der Waals surface area contributed by atoms with Crippen LogP contribution in [-0.4, -0.2) is 82.2 Å². The molecule has 3 aliphatic heterocycles. The molecule has 0 radical (unpaired) electrons. The molecule has 0 N–H and O–H groups in total. The maximum atomic E-state index is 13.0. The molecule has 3 aliphatic rings. The predicted octanol–water partition coefficient (Wildman–Crippen LogP) is -0.1000. The van der Waals surface area contributed by atoms with E-state index in [1.165, 1.54) is 23.8 Å². The van der Waals surface area contributed by atoms with Gasteiger partial charge in [-0.05, 0) is 19.8 Å². The largest absolute Gasteiger partial charge is 0.342 e. The van der Waals surface area contributed by atoms with E-state index in [9.17, 15) is 18.0 Å². The van der Waals surface area contributed by atoms with Crippen molar-refractivity contribution in [3.05, 3.63) is 12.5 Å². The fourth-order valence-corrected chi connectivity index (χ4v) is 6.76. The van der Waals surface area contributed by atoms with Crippen LogP contribution in [0.4, 0.5) is 0 Å². The topological polar surface area (TPSA) is 95.8 Å². The number of likely N-dealkylation sites (tertiary alicyclic amines) is 2. The number of sulfonamides is 1. The molecule has 3 fully saturated rings. The summed E-state index contributed by atoms with van der Waals surface area (Å²) < 4.78 is 28.9. The summed E-state index contributed by atoms with van der Waals surface area (Å²) in [4.78, 5) is 32.6. The van der Waals surface area contributed by atoms with E-state index in [2.05, 4.69) is 4.98 Å². The number of hydrogen-bond acceptors (Lipinski definition) is 5. The summed E-state index contributed by atoms with van der Waals surface area (Å²) in [6, 6.07) is 0. The van der Waals surface area contributed by atoms with Crippen LogP contribution >= 0.6 is 0 Å². The summed E-state index contributed by atoms with van der Waals surface area (Å²) in [7, 11) is -1.90. The van der Waals surface area contributed by atoms with Gasteiger partial charge in [-0.2, -0.15) is 4.31 Å². The first-order valence-corrected chi connectivity index (χ1v) is 11.2. The third-order valence-electron chi connectivity index (χ3n) is 6.77. The highest BCUT2D eigenvalue weighted by Crippen LogP contribution is 2.49. The van der Waals surface area contributed by atoms with Gasteiger partial charge < -0.3 is 14.4 Å². The standard InChI is InChI=1S/C18H27N5O4S/c1-4-23-17(25)14-9-21(13(2)24)10-15(14)18(23)5-7-22(8-6-18)28(26,27)16-11-20(3)12-19-16/h11-12,14-15H,4-10H2,1-3H3/t14-,15+/m0/s1. The number of imidazole rings is 1. The third-order valence-corrected chi connectivity index (χ3v) is 8.55. The van der Waals surface area contributed by atoms with Crippen molar-refractivity contribution in [1.82, 2.24) is 23.7 Å². The molecule has 2 atom stereocenters. The Balaban J connectivity index is 1.58. The number of aryl methyl sites for hydroxylation is 1. The summed E-state index contributed by atoms with van der Waals surface area (Å²) in [6.45, 7) is 5.89. The maximum Gasteiger partial charge on any atom is 0.262 e. The summed E-state index contributed by atoms with van der Waals surface area (Å²) in [5, 5.41) is 0.0577. The molecule has 2 amide bonds. The first-order valence-electron chi connectivity index (χ1n) is 9.76. The van der Waals surface area contributed by atoms with Crippen LogP contribution in [0.15, 0.2) is 17.6 Å². The third kappa shape index (κ3) is 2.68. The van der Waals surface area contributed by atoms with Crippen molar-refractivity contribution in [2.24, 2.45) is 18.9 Å². The van der Waals surface area contributed by atoms with E-state index in [-0.39, 0.29) is 34.2 Å². The van der Waals surface area contributed by atoms with Crippen LogP contribution in [0.1, 0.15) is 26.7 Å². The highest BCUT2D eigenvalue weighted by molar-refractivity contribution is 7.89. The van der Waals surface area contributed by atoms with Crippen LogP contribution in [0, 0.1) is 11.8 Å². The molecule has 0 unspecified atom stereocenters. The van der Waals surface area contributed by atoms with Crippen molar-refractivity contribution < 1.29 is 18.0 Å². The van der Waals surface area contributed by atoms with Crippen LogP contribution in [0.3, 0.4) is 0 Å². The predicted molar refractivity (Wildman–Crippen MR) is 101 cm³/mol. The Labute approximate surface area is 165 Å². The second-order valence-corrected chi connectivity index (χ2v) is 9.99. The number of nitrogens with zero attached hydrogens (tertiary/aromatic N) is 5. The summed E-state index contributed by atoms with van der Waals surface area (Å²) >= 11 is 0. The molecular formula is C18H27N5O4S. The SMILES string of the molecule is CCN1C(=O)[C@H]2CN(C(C)=O)C[C@H]2C12CCN(S(=O)(=O)c1cn(C)cn1)CC2. The van der Waals surface area contributed by atoms with E-state index < -0.39 is 10.0 Å². The number of aromatic nitrogens is 2. The minimum atomic E-state index is -3.64. The lowest BCUT2D eigenvalue weighted by Gasteiger charge is -2.47. The fraction of sp³-hybridized carbons (Fsp3) is 0.722. The molecule has 3 saturated heterocycles. The van der Waals surface area contributed by atoms with Gasteiger partial charge in [-0.25, -0.2) is 13.4 Å². The maximum absolute atomic E-state index is 13.0. The minimum Gasteiger partial charge on any atom is -0.342 e.